The van der Waals surface area contributed by atoms with Gasteiger partial charge in [0.05, 0.1) is 11.3 Å². The third-order valence-corrected chi connectivity index (χ3v) is 3.05. The summed E-state index contributed by atoms with van der Waals surface area (Å²) >= 11 is 0. The molecule has 0 aliphatic carbocycles. The van der Waals surface area contributed by atoms with Gasteiger partial charge in [-0.3, -0.25) is 4.79 Å². The van der Waals surface area contributed by atoms with Gasteiger partial charge in [0.25, 0.3) is 5.91 Å². The summed E-state index contributed by atoms with van der Waals surface area (Å²) in [6.07, 6.45) is 0. The van der Waals surface area contributed by atoms with Gasteiger partial charge < -0.3 is 9.64 Å². The van der Waals surface area contributed by atoms with Gasteiger partial charge in [-0.2, -0.15) is 0 Å². The van der Waals surface area contributed by atoms with Crippen molar-refractivity contribution >= 4 is 11.6 Å². The lowest BCUT2D eigenvalue weighted by atomic mass is 10.1. The van der Waals surface area contributed by atoms with Crippen LogP contribution in [-0.4, -0.2) is 12.5 Å². The summed E-state index contributed by atoms with van der Waals surface area (Å²) in [5.74, 6) is 1.32. The predicted molar refractivity (Wildman–Crippen MR) is 70.3 cm³/mol. The van der Waals surface area contributed by atoms with E-state index in [1.807, 2.05) is 49.4 Å². The monoisotopic (exact) mass is 239 g/mol. The molecule has 1 heterocycles. The molecule has 0 unspecified atom stereocenters. The Hall–Kier alpha value is -2.29. The van der Waals surface area contributed by atoms with E-state index in [1.54, 1.807) is 11.0 Å². The van der Waals surface area contributed by atoms with Crippen LogP contribution in [0.1, 0.15) is 17.3 Å². The number of benzene rings is 2. The summed E-state index contributed by atoms with van der Waals surface area (Å²) in [6.45, 7) is 2.58. The molecule has 3 nitrogen and oxygen atoms in total. The van der Waals surface area contributed by atoms with E-state index in [1.165, 1.54) is 0 Å². The molecule has 3 rings (SSSR count). The highest BCUT2D eigenvalue weighted by Crippen LogP contribution is 2.38. The molecule has 90 valence electrons. The Labute approximate surface area is 106 Å². The number of carbonyl (C=O) groups excluding carboxylic acids is 1. The SMILES string of the molecule is CCN1C(=O)c2ccccc2Oc2ccccc21. The molecule has 0 aromatic heterocycles. The zero-order valence-corrected chi connectivity index (χ0v) is 10.1. The first-order valence-electron chi connectivity index (χ1n) is 5.99. The Kier molecular flexibility index (Phi) is 2.52. The van der Waals surface area contributed by atoms with Crippen molar-refractivity contribution in [3.05, 3.63) is 54.1 Å². The van der Waals surface area contributed by atoms with Gasteiger partial charge in [-0.15, -0.1) is 0 Å². The average Bonchev–Trinajstić information content (AvgIpc) is 2.53. The minimum Gasteiger partial charge on any atom is -0.454 e. The number of para-hydroxylation sites is 3. The fourth-order valence-corrected chi connectivity index (χ4v) is 2.19. The predicted octanol–water partition coefficient (Wildman–Crippen LogP) is 3.46. The fourth-order valence-electron chi connectivity index (χ4n) is 2.19. The van der Waals surface area contributed by atoms with E-state index in [0.717, 1.165) is 11.4 Å². The minimum atomic E-state index is -0.0157. The highest BCUT2D eigenvalue weighted by atomic mass is 16.5. The second-order valence-electron chi connectivity index (χ2n) is 4.12. The molecular weight excluding hydrogens is 226 g/mol. The molecule has 0 spiro atoms. The number of amides is 1. The maximum Gasteiger partial charge on any atom is 0.262 e. The summed E-state index contributed by atoms with van der Waals surface area (Å²) in [7, 11) is 0. The van der Waals surface area contributed by atoms with Crippen molar-refractivity contribution in [3.63, 3.8) is 0 Å². The van der Waals surface area contributed by atoms with Crippen LogP contribution < -0.4 is 9.64 Å². The number of ether oxygens (including phenoxy) is 1. The Morgan fingerprint density at radius 2 is 1.67 bits per heavy atom. The van der Waals surface area contributed by atoms with Gasteiger partial charge in [-0.25, -0.2) is 0 Å². The van der Waals surface area contributed by atoms with Crippen molar-refractivity contribution in [1.29, 1.82) is 0 Å². The first-order chi connectivity index (χ1) is 8.81. The molecule has 0 N–H and O–H groups in total. The highest BCUT2D eigenvalue weighted by molar-refractivity contribution is 6.09. The first kappa shape index (κ1) is 10.8. The molecule has 1 aliphatic rings. The van der Waals surface area contributed by atoms with Gasteiger partial charge in [0, 0.05) is 6.54 Å². The summed E-state index contributed by atoms with van der Waals surface area (Å²) in [5.41, 5.74) is 1.43. The van der Waals surface area contributed by atoms with Crippen LogP contribution in [0.5, 0.6) is 11.5 Å². The van der Waals surface area contributed by atoms with Gasteiger partial charge in [0.15, 0.2) is 5.75 Å². The summed E-state index contributed by atoms with van der Waals surface area (Å²) in [5, 5.41) is 0. The van der Waals surface area contributed by atoms with Crippen molar-refractivity contribution < 1.29 is 9.53 Å². The topological polar surface area (TPSA) is 29.5 Å². The van der Waals surface area contributed by atoms with E-state index in [2.05, 4.69) is 0 Å². The van der Waals surface area contributed by atoms with E-state index in [0.29, 0.717) is 17.9 Å². The molecule has 1 aliphatic heterocycles. The molecular formula is C15H13NO2. The molecule has 0 atom stereocenters. The second kappa shape index (κ2) is 4.18. The number of fused-ring (bicyclic) bond motifs is 2. The normalized spacial score (nSPS) is 13.4. The van der Waals surface area contributed by atoms with Crippen molar-refractivity contribution in [2.75, 3.05) is 11.4 Å². The van der Waals surface area contributed by atoms with Crippen LogP contribution in [0, 0.1) is 0 Å². The second-order valence-corrected chi connectivity index (χ2v) is 4.12. The molecule has 0 saturated heterocycles. The standard InChI is InChI=1S/C15H13NO2/c1-2-16-12-8-4-6-10-14(12)18-13-9-5-3-7-11(13)15(16)17/h3-10H,2H2,1H3. The lowest BCUT2D eigenvalue weighted by molar-refractivity contribution is 0.0988. The number of nitrogens with zero attached hydrogens (tertiary/aromatic N) is 1. The first-order valence-corrected chi connectivity index (χ1v) is 5.99. The van der Waals surface area contributed by atoms with Crippen LogP contribution in [0.2, 0.25) is 0 Å². The third kappa shape index (κ3) is 1.56. The summed E-state index contributed by atoms with van der Waals surface area (Å²) < 4.78 is 5.84. The Morgan fingerprint density at radius 3 is 2.44 bits per heavy atom. The Morgan fingerprint density at radius 1 is 1.00 bits per heavy atom. The van der Waals surface area contributed by atoms with Crippen molar-refractivity contribution in [2.45, 2.75) is 6.92 Å². The number of carbonyl (C=O) groups is 1. The molecule has 0 radical (unpaired) electrons. The Bertz CT molecular complexity index is 607. The molecule has 2 aromatic rings. The summed E-state index contributed by atoms with van der Waals surface area (Å²) in [4.78, 5) is 14.2. The van der Waals surface area contributed by atoms with Gasteiger partial charge >= 0.3 is 0 Å². The van der Waals surface area contributed by atoms with Crippen molar-refractivity contribution in [2.24, 2.45) is 0 Å². The number of rotatable bonds is 1. The number of hydrogen-bond acceptors (Lipinski definition) is 2. The van der Waals surface area contributed by atoms with Crippen LogP contribution in [-0.2, 0) is 0 Å². The molecule has 0 saturated carbocycles. The molecule has 1 amide bonds. The van der Waals surface area contributed by atoms with E-state index in [-0.39, 0.29) is 5.91 Å². The maximum absolute atomic E-state index is 12.5. The maximum atomic E-state index is 12.5. The summed E-state index contributed by atoms with van der Waals surface area (Å²) in [6, 6.07) is 14.9. The number of anilines is 1. The Balaban J connectivity index is 2.23. The van der Waals surface area contributed by atoms with Gasteiger partial charge in [0.2, 0.25) is 0 Å². The third-order valence-electron chi connectivity index (χ3n) is 3.05. The van der Waals surface area contributed by atoms with Crippen LogP contribution in [0.15, 0.2) is 48.5 Å². The highest BCUT2D eigenvalue weighted by Gasteiger charge is 2.26. The smallest absolute Gasteiger partial charge is 0.262 e. The lowest BCUT2D eigenvalue weighted by Gasteiger charge is -2.19. The van der Waals surface area contributed by atoms with Gasteiger partial charge in [0.1, 0.15) is 5.75 Å². The molecule has 18 heavy (non-hydrogen) atoms. The van der Waals surface area contributed by atoms with Gasteiger partial charge in [-0.1, -0.05) is 24.3 Å². The fraction of sp³-hybridized carbons (Fsp3) is 0.133. The molecule has 0 fully saturated rings. The van der Waals surface area contributed by atoms with Gasteiger partial charge in [-0.05, 0) is 31.2 Å². The van der Waals surface area contributed by atoms with Crippen LogP contribution >= 0.6 is 0 Å². The minimum absolute atomic E-state index is 0.0157. The lowest BCUT2D eigenvalue weighted by Crippen LogP contribution is -2.29. The zero-order valence-electron chi connectivity index (χ0n) is 10.1. The van der Waals surface area contributed by atoms with Crippen molar-refractivity contribution in [1.82, 2.24) is 0 Å². The van der Waals surface area contributed by atoms with E-state index in [9.17, 15) is 4.79 Å². The molecule has 0 bridgehead atoms. The van der Waals surface area contributed by atoms with E-state index >= 15 is 0 Å². The van der Waals surface area contributed by atoms with Crippen LogP contribution in [0.4, 0.5) is 5.69 Å². The largest absolute Gasteiger partial charge is 0.454 e. The molecule has 3 heteroatoms. The quantitative estimate of drug-likeness (QED) is 0.762. The van der Waals surface area contributed by atoms with Crippen molar-refractivity contribution in [3.8, 4) is 11.5 Å². The van der Waals surface area contributed by atoms with E-state index in [4.69, 9.17) is 4.74 Å². The number of hydrogen-bond donors (Lipinski definition) is 0. The van der Waals surface area contributed by atoms with E-state index < -0.39 is 0 Å². The zero-order chi connectivity index (χ0) is 12.5. The van der Waals surface area contributed by atoms with Crippen LogP contribution in [0.25, 0.3) is 0 Å². The average molecular weight is 239 g/mol. The van der Waals surface area contributed by atoms with Crippen LogP contribution in [0.3, 0.4) is 0 Å². The molecule has 2 aromatic carbocycles.